The second-order valence-electron chi connectivity index (χ2n) is 3.05. The number of hydrogen-bond donors (Lipinski definition) is 2. The Kier molecular flexibility index (Phi) is 2.20. The average molecular weight is 213 g/mol. The minimum Gasteiger partial charge on any atom is -0.480 e. The summed E-state index contributed by atoms with van der Waals surface area (Å²) in [5, 5.41) is 17.9. The first-order valence-corrected chi connectivity index (χ1v) is 4.21. The SMILES string of the molecule is O=C(O)CN1c2c(F)cccc2OC1O. The largest absolute Gasteiger partial charge is 0.480 e. The number of ether oxygens (including phenoxy) is 1. The first-order chi connectivity index (χ1) is 7.09. The predicted molar refractivity (Wildman–Crippen MR) is 48.0 cm³/mol. The van der Waals surface area contributed by atoms with Crippen LogP contribution in [-0.4, -0.2) is 29.1 Å². The van der Waals surface area contributed by atoms with Crippen molar-refractivity contribution in [3.05, 3.63) is 24.0 Å². The number of hydrogen-bond acceptors (Lipinski definition) is 4. The van der Waals surface area contributed by atoms with Crippen molar-refractivity contribution in [2.24, 2.45) is 0 Å². The molecule has 15 heavy (non-hydrogen) atoms. The first kappa shape index (κ1) is 9.72. The molecule has 0 saturated carbocycles. The van der Waals surface area contributed by atoms with Gasteiger partial charge in [-0.2, -0.15) is 0 Å². The molecule has 5 nitrogen and oxygen atoms in total. The fraction of sp³-hybridized carbons (Fsp3) is 0.222. The molecular weight excluding hydrogens is 205 g/mol. The summed E-state index contributed by atoms with van der Waals surface area (Å²) < 4.78 is 18.2. The number of fused-ring (bicyclic) bond motifs is 1. The van der Waals surface area contributed by atoms with Crippen molar-refractivity contribution in [1.29, 1.82) is 0 Å². The number of rotatable bonds is 2. The van der Waals surface area contributed by atoms with Crippen LogP contribution in [0.25, 0.3) is 0 Å². The number of halogens is 1. The standard InChI is InChI=1S/C9H8FNO4/c10-5-2-1-3-6-8(5)11(4-7(12)13)9(14)15-6/h1-3,9,14H,4H2,(H,12,13). The average Bonchev–Trinajstić information content (AvgIpc) is 2.43. The maximum absolute atomic E-state index is 13.3. The molecule has 1 aromatic carbocycles. The highest BCUT2D eigenvalue weighted by molar-refractivity contribution is 5.76. The predicted octanol–water partition coefficient (Wildman–Crippen LogP) is 0.385. The van der Waals surface area contributed by atoms with Crippen LogP contribution in [0.3, 0.4) is 0 Å². The van der Waals surface area contributed by atoms with Crippen LogP contribution in [0, 0.1) is 5.82 Å². The van der Waals surface area contributed by atoms with Gasteiger partial charge >= 0.3 is 5.97 Å². The molecule has 2 N–H and O–H groups in total. The molecular formula is C9H8FNO4. The zero-order valence-electron chi connectivity index (χ0n) is 7.55. The molecule has 1 atom stereocenters. The molecule has 1 heterocycles. The minimum absolute atomic E-state index is 0.0209. The summed E-state index contributed by atoms with van der Waals surface area (Å²) >= 11 is 0. The van der Waals surface area contributed by atoms with Crippen molar-refractivity contribution in [3.8, 4) is 5.75 Å². The zero-order valence-corrected chi connectivity index (χ0v) is 7.55. The number of benzene rings is 1. The number of carboxylic acid groups (broad SMARTS) is 1. The van der Waals surface area contributed by atoms with E-state index in [1.165, 1.54) is 18.2 Å². The molecule has 0 fully saturated rings. The maximum atomic E-state index is 13.3. The summed E-state index contributed by atoms with van der Waals surface area (Å²) in [6.07, 6.45) is -1.45. The van der Waals surface area contributed by atoms with Gasteiger partial charge < -0.3 is 14.9 Å². The molecule has 0 radical (unpaired) electrons. The Hall–Kier alpha value is -1.82. The van der Waals surface area contributed by atoms with Crippen LogP contribution in [0.1, 0.15) is 0 Å². The van der Waals surface area contributed by atoms with E-state index in [2.05, 4.69) is 0 Å². The van der Waals surface area contributed by atoms with Crippen molar-refractivity contribution in [2.75, 3.05) is 11.4 Å². The summed E-state index contributed by atoms with van der Waals surface area (Å²) in [4.78, 5) is 11.4. The number of anilines is 1. The second kappa shape index (κ2) is 3.39. The van der Waals surface area contributed by atoms with Crippen molar-refractivity contribution in [3.63, 3.8) is 0 Å². The molecule has 0 aromatic heterocycles. The molecule has 2 rings (SSSR count). The fourth-order valence-corrected chi connectivity index (χ4v) is 1.46. The zero-order chi connectivity index (χ0) is 11.0. The Labute approximate surface area is 84.3 Å². The summed E-state index contributed by atoms with van der Waals surface area (Å²) in [5.41, 5.74) is -0.0209. The minimum atomic E-state index is -1.45. The second-order valence-corrected chi connectivity index (χ2v) is 3.05. The molecule has 6 heteroatoms. The number of carbonyl (C=O) groups is 1. The molecule has 1 aliphatic heterocycles. The van der Waals surface area contributed by atoms with Gasteiger partial charge in [-0.15, -0.1) is 0 Å². The van der Waals surface area contributed by atoms with Gasteiger partial charge in [-0.05, 0) is 12.1 Å². The summed E-state index contributed by atoms with van der Waals surface area (Å²) in [6, 6.07) is 4.06. The van der Waals surface area contributed by atoms with Crippen LogP contribution in [0.5, 0.6) is 5.75 Å². The highest BCUT2D eigenvalue weighted by Crippen LogP contribution is 2.38. The Morgan fingerprint density at radius 3 is 3.00 bits per heavy atom. The third-order valence-electron chi connectivity index (χ3n) is 2.04. The molecule has 1 aromatic rings. The van der Waals surface area contributed by atoms with Gasteiger partial charge in [0.25, 0.3) is 6.41 Å². The van der Waals surface area contributed by atoms with Gasteiger partial charge in [-0.3, -0.25) is 9.69 Å². The molecule has 1 unspecified atom stereocenters. The quantitative estimate of drug-likeness (QED) is 0.743. The number of nitrogens with zero attached hydrogens (tertiary/aromatic N) is 1. The Balaban J connectivity index is 2.39. The van der Waals surface area contributed by atoms with Crippen LogP contribution < -0.4 is 9.64 Å². The smallest absolute Gasteiger partial charge is 0.323 e. The molecule has 0 amide bonds. The lowest BCUT2D eigenvalue weighted by molar-refractivity contribution is -0.136. The van der Waals surface area contributed by atoms with Gasteiger partial charge in [-0.25, -0.2) is 4.39 Å². The van der Waals surface area contributed by atoms with E-state index < -0.39 is 24.7 Å². The first-order valence-electron chi connectivity index (χ1n) is 4.21. The van der Waals surface area contributed by atoms with Gasteiger partial charge in [0.1, 0.15) is 12.2 Å². The summed E-state index contributed by atoms with van der Waals surface area (Å²) in [6.45, 7) is -0.519. The highest BCUT2D eigenvalue weighted by Gasteiger charge is 2.33. The van der Waals surface area contributed by atoms with Crippen LogP contribution in [0.15, 0.2) is 18.2 Å². The van der Waals surface area contributed by atoms with Gasteiger partial charge in [-0.1, -0.05) is 6.07 Å². The molecule has 0 spiro atoms. The molecule has 80 valence electrons. The van der Waals surface area contributed by atoms with Gasteiger partial charge in [0.15, 0.2) is 11.6 Å². The normalized spacial score (nSPS) is 18.5. The van der Waals surface area contributed by atoms with E-state index in [0.29, 0.717) is 0 Å². The Morgan fingerprint density at radius 1 is 1.60 bits per heavy atom. The summed E-state index contributed by atoms with van der Waals surface area (Å²) in [7, 11) is 0. The van der Waals surface area contributed by atoms with Crippen LogP contribution in [0.2, 0.25) is 0 Å². The monoisotopic (exact) mass is 213 g/mol. The van der Waals surface area contributed by atoms with E-state index in [0.717, 1.165) is 4.90 Å². The Bertz CT molecular complexity index is 409. The number of aliphatic hydroxyl groups is 1. The Morgan fingerprint density at radius 2 is 2.33 bits per heavy atom. The van der Waals surface area contributed by atoms with Crippen LogP contribution >= 0.6 is 0 Å². The maximum Gasteiger partial charge on any atom is 0.323 e. The van der Waals surface area contributed by atoms with E-state index in [-0.39, 0.29) is 11.4 Å². The lowest BCUT2D eigenvalue weighted by atomic mass is 10.2. The van der Waals surface area contributed by atoms with E-state index >= 15 is 0 Å². The fourth-order valence-electron chi connectivity index (χ4n) is 1.46. The topological polar surface area (TPSA) is 70.0 Å². The number of para-hydroxylation sites is 1. The molecule has 1 aliphatic rings. The lowest BCUT2D eigenvalue weighted by Crippen LogP contribution is -2.38. The summed E-state index contributed by atoms with van der Waals surface area (Å²) in [5.74, 6) is -1.65. The van der Waals surface area contributed by atoms with Crippen molar-refractivity contribution in [2.45, 2.75) is 6.41 Å². The third kappa shape index (κ3) is 1.59. The van der Waals surface area contributed by atoms with Gasteiger partial charge in [0.05, 0.1) is 0 Å². The molecule has 0 bridgehead atoms. The van der Waals surface area contributed by atoms with Crippen molar-refractivity contribution >= 4 is 11.7 Å². The molecule has 0 aliphatic carbocycles. The van der Waals surface area contributed by atoms with E-state index in [4.69, 9.17) is 9.84 Å². The van der Waals surface area contributed by atoms with Crippen molar-refractivity contribution < 1.29 is 24.1 Å². The van der Waals surface area contributed by atoms with Crippen LogP contribution in [-0.2, 0) is 4.79 Å². The number of aliphatic carboxylic acids is 1. The van der Waals surface area contributed by atoms with Gasteiger partial charge in [0.2, 0.25) is 0 Å². The number of aliphatic hydroxyl groups excluding tert-OH is 1. The van der Waals surface area contributed by atoms with Crippen molar-refractivity contribution in [1.82, 2.24) is 0 Å². The molecule has 0 saturated heterocycles. The number of carboxylic acids is 1. The van der Waals surface area contributed by atoms with Gasteiger partial charge in [0, 0.05) is 0 Å². The van der Waals surface area contributed by atoms with E-state index in [1.54, 1.807) is 0 Å². The van der Waals surface area contributed by atoms with Crippen LogP contribution in [0.4, 0.5) is 10.1 Å². The highest BCUT2D eigenvalue weighted by atomic mass is 19.1. The van der Waals surface area contributed by atoms with E-state index in [9.17, 15) is 14.3 Å². The lowest BCUT2D eigenvalue weighted by Gasteiger charge is -2.18. The van der Waals surface area contributed by atoms with E-state index in [1.807, 2.05) is 0 Å². The third-order valence-corrected chi connectivity index (χ3v) is 2.04.